The molecule has 3 rings (SSSR count). The van der Waals surface area contributed by atoms with Crippen LogP contribution in [0.5, 0.6) is 0 Å². The lowest BCUT2D eigenvalue weighted by molar-refractivity contribution is -0.117. The smallest absolute Gasteiger partial charge is 0.261 e. The SMILES string of the molecule is C[C@H](NC(=O)c1cccs1)C(=O)Nc1cccnc1N1CCCCC1. The molecule has 1 atom stereocenters. The summed E-state index contributed by atoms with van der Waals surface area (Å²) in [6.45, 7) is 3.58. The van der Waals surface area contributed by atoms with Crippen LogP contribution in [0.2, 0.25) is 0 Å². The van der Waals surface area contributed by atoms with Gasteiger partial charge in [0.2, 0.25) is 5.91 Å². The highest BCUT2D eigenvalue weighted by Crippen LogP contribution is 2.25. The molecule has 1 saturated heterocycles. The molecule has 2 aromatic rings. The van der Waals surface area contributed by atoms with Gasteiger partial charge in [-0.25, -0.2) is 4.98 Å². The maximum atomic E-state index is 12.5. The molecular weight excluding hydrogens is 336 g/mol. The number of rotatable bonds is 5. The van der Waals surface area contributed by atoms with Crippen molar-refractivity contribution in [3.05, 3.63) is 40.7 Å². The van der Waals surface area contributed by atoms with Gasteiger partial charge in [0.05, 0.1) is 10.6 Å². The second-order valence-electron chi connectivity index (χ2n) is 6.08. The lowest BCUT2D eigenvalue weighted by Gasteiger charge is -2.29. The van der Waals surface area contributed by atoms with Crippen LogP contribution in [0.4, 0.5) is 11.5 Å². The predicted octanol–water partition coefficient (Wildman–Crippen LogP) is 2.89. The van der Waals surface area contributed by atoms with Crippen LogP contribution in [0.15, 0.2) is 35.8 Å². The second kappa shape index (κ2) is 8.11. The molecule has 2 aromatic heterocycles. The Morgan fingerprint density at radius 3 is 2.72 bits per heavy atom. The van der Waals surface area contributed by atoms with Crippen LogP contribution in [0.25, 0.3) is 0 Å². The van der Waals surface area contributed by atoms with Crippen LogP contribution in [-0.4, -0.2) is 35.9 Å². The van der Waals surface area contributed by atoms with Crippen molar-refractivity contribution in [2.24, 2.45) is 0 Å². The molecule has 2 amide bonds. The normalized spacial score (nSPS) is 15.5. The number of piperidine rings is 1. The van der Waals surface area contributed by atoms with E-state index in [0.717, 1.165) is 31.7 Å². The molecule has 1 aliphatic heterocycles. The van der Waals surface area contributed by atoms with Crippen molar-refractivity contribution >= 4 is 34.7 Å². The number of carbonyl (C=O) groups is 2. The molecule has 2 N–H and O–H groups in total. The topological polar surface area (TPSA) is 74.3 Å². The van der Waals surface area contributed by atoms with Gasteiger partial charge in [-0.15, -0.1) is 11.3 Å². The van der Waals surface area contributed by atoms with Crippen molar-refractivity contribution < 1.29 is 9.59 Å². The van der Waals surface area contributed by atoms with Crippen molar-refractivity contribution in [2.45, 2.75) is 32.2 Å². The van der Waals surface area contributed by atoms with E-state index in [9.17, 15) is 9.59 Å². The number of pyridine rings is 1. The summed E-state index contributed by atoms with van der Waals surface area (Å²) in [6, 6.07) is 6.56. The zero-order chi connectivity index (χ0) is 17.6. The van der Waals surface area contributed by atoms with E-state index in [4.69, 9.17) is 0 Å². The van der Waals surface area contributed by atoms with E-state index in [-0.39, 0.29) is 11.8 Å². The largest absolute Gasteiger partial charge is 0.355 e. The number of carbonyl (C=O) groups excluding carboxylic acids is 2. The summed E-state index contributed by atoms with van der Waals surface area (Å²) in [5.41, 5.74) is 0.687. The molecule has 0 unspecified atom stereocenters. The highest BCUT2D eigenvalue weighted by Gasteiger charge is 2.21. The van der Waals surface area contributed by atoms with E-state index in [2.05, 4.69) is 20.5 Å². The average molecular weight is 358 g/mol. The zero-order valence-electron chi connectivity index (χ0n) is 14.2. The third-order valence-electron chi connectivity index (χ3n) is 4.19. The number of amides is 2. The summed E-state index contributed by atoms with van der Waals surface area (Å²) in [5.74, 6) is 0.309. The van der Waals surface area contributed by atoms with Crippen LogP contribution in [0, 0.1) is 0 Å². The van der Waals surface area contributed by atoms with Gasteiger partial charge in [-0.05, 0) is 49.8 Å². The fraction of sp³-hybridized carbons (Fsp3) is 0.389. The average Bonchev–Trinajstić information content (AvgIpc) is 3.17. The summed E-state index contributed by atoms with van der Waals surface area (Å²) in [7, 11) is 0. The molecule has 0 bridgehead atoms. The molecule has 0 aromatic carbocycles. The summed E-state index contributed by atoms with van der Waals surface area (Å²) in [6.07, 6.45) is 5.24. The van der Waals surface area contributed by atoms with E-state index in [1.165, 1.54) is 17.8 Å². The Kier molecular flexibility index (Phi) is 5.65. The van der Waals surface area contributed by atoms with Gasteiger partial charge in [0.1, 0.15) is 6.04 Å². The molecule has 1 aliphatic rings. The van der Waals surface area contributed by atoms with Gasteiger partial charge in [0, 0.05) is 19.3 Å². The molecule has 3 heterocycles. The molecule has 7 heteroatoms. The molecule has 25 heavy (non-hydrogen) atoms. The highest BCUT2D eigenvalue weighted by atomic mass is 32.1. The molecule has 132 valence electrons. The Labute approximate surface area is 151 Å². The van der Waals surface area contributed by atoms with Gasteiger partial charge < -0.3 is 15.5 Å². The molecular formula is C18H22N4O2S. The van der Waals surface area contributed by atoms with Crippen molar-refractivity contribution in [1.82, 2.24) is 10.3 Å². The van der Waals surface area contributed by atoms with Crippen LogP contribution in [-0.2, 0) is 4.79 Å². The molecule has 0 saturated carbocycles. The van der Waals surface area contributed by atoms with E-state index >= 15 is 0 Å². The van der Waals surface area contributed by atoms with Gasteiger partial charge in [-0.2, -0.15) is 0 Å². The van der Waals surface area contributed by atoms with Crippen LogP contribution in [0.3, 0.4) is 0 Å². The lowest BCUT2D eigenvalue weighted by atomic mass is 10.1. The maximum Gasteiger partial charge on any atom is 0.261 e. The predicted molar refractivity (Wildman–Crippen MR) is 100 cm³/mol. The monoisotopic (exact) mass is 358 g/mol. The van der Waals surface area contributed by atoms with E-state index in [1.807, 2.05) is 17.5 Å². The van der Waals surface area contributed by atoms with Crippen LogP contribution in [0.1, 0.15) is 35.9 Å². The molecule has 6 nitrogen and oxygen atoms in total. The first kappa shape index (κ1) is 17.4. The first-order valence-corrected chi connectivity index (χ1v) is 9.38. The number of hydrogen-bond acceptors (Lipinski definition) is 5. The highest BCUT2D eigenvalue weighted by molar-refractivity contribution is 7.12. The number of nitrogens with one attached hydrogen (secondary N) is 2. The Morgan fingerprint density at radius 2 is 2.00 bits per heavy atom. The minimum atomic E-state index is -0.635. The van der Waals surface area contributed by atoms with Crippen LogP contribution >= 0.6 is 11.3 Å². The van der Waals surface area contributed by atoms with Gasteiger partial charge in [0.15, 0.2) is 5.82 Å². The minimum absolute atomic E-state index is 0.236. The minimum Gasteiger partial charge on any atom is -0.355 e. The van der Waals surface area contributed by atoms with Crippen molar-refractivity contribution in [3.8, 4) is 0 Å². The lowest BCUT2D eigenvalue weighted by Crippen LogP contribution is -2.41. The van der Waals surface area contributed by atoms with E-state index in [0.29, 0.717) is 10.6 Å². The fourth-order valence-electron chi connectivity index (χ4n) is 2.83. The van der Waals surface area contributed by atoms with Gasteiger partial charge >= 0.3 is 0 Å². The van der Waals surface area contributed by atoms with E-state index in [1.54, 1.807) is 25.3 Å². The van der Waals surface area contributed by atoms with Gasteiger partial charge in [0.25, 0.3) is 5.91 Å². The standard InChI is InChI=1S/C18H22N4O2S/c1-13(20-18(24)15-8-6-12-25-15)17(23)21-14-7-5-9-19-16(14)22-10-3-2-4-11-22/h5-9,12-13H,2-4,10-11H2,1H3,(H,20,24)(H,21,23)/t13-/m0/s1. The third kappa shape index (κ3) is 4.36. The van der Waals surface area contributed by atoms with Crippen molar-refractivity contribution in [1.29, 1.82) is 0 Å². The number of thiophene rings is 1. The molecule has 1 fully saturated rings. The maximum absolute atomic E-state index is 12.5. The Morgan fingerprint density at radius 1 is 1.20 bits per heavy atom. The fourth-order valence-corrected chi connectivity index (χ4v) is 3.46. The summed E-state index contributed by atoms with van der Waals surface area (Å²) in [5, 5.41) is 7.46. The zero-order valence-corrected chi connectivity index (χ0v) is 15.0. The first-order chi connectivity index (χ1) is 12.1. The van der Waals surface area contributed by atoms with E-state index < -0.39 is 6.04 Å². The Hall–Kier alpha value is -2.41. The van der Waals surface area contributed by atoms with Crippen molar-refractivity contribution in [3.63, 3.8) is 0 Å². The number of nitrogens with zero attached hydrogens (tertiary/aromatic N) is 2. The van der Waals surface area contributed by atoms with Crippen LogP contribution < -0.4 is 15.5 Å². The first-order valence-electron chi connectivity index (χ1n) is 8.50. The molecule has 0 spiro atoms. The number of anilines is 2. The molecule has 0 radical (unpaired) electrons. The summed E-state index contributed by atoms with van der Waals surface area (Å²) in [4.78, 5) is 31.8. The second-order valence-corrected chi connectivity index (χ2v) is 7.03. The summed E-state index contributed by atoms with van der Waals surface area (Å²) < 4.78 is 0. The van der Waals surface area contributed by atoms with Crippen molar-refractivity contribution in [2.75, 3.05) is 23.3 Å². The quantitative estimate of drug-likeness (QED) is 0.862. The Balaban J connectivity index is 1.65. The van der Waals surface area contributed by atoms with Gasteiger partial charge in [-0.3, -0.25) is 9.59 Å². The third-order valence-corrected chi connectivity index (χ3v) is 5.05. The number of aromatic nitrogens is 1. The summed E-state index contributed by atoms with van der Waals surface area (Å²) >= 11 is 1.35. The number of hydrogen-bond donors (Lipinski definition) is 2. The van der Waals surface area contributed by atoms with Gasteiger partial charge in [-0.1, -0.05) is 6.07 Å². The molecule has 0 aliphatic carbocycles. The Bertz CT molecular complexity index is 726.